The minimum Gasteiger partial charge on any atom is -0.435 e. The van der Waals surface area contributed by atoms with E-state index in [9.17, 15) is 48.6 Å². The van der Waals surface area contributed by atoms with E-state index < -0.39 is 84.9 Å². The van der Waals surface area contributed by atoms with E-state index >= 15 is 0 Å². The van der Waals surface area contributed by atoms with Crippen molar-refractivity contribution in [2.75, 3.05) is 0 Å². The average Bonchev–Trinajstić information content (AvgIpc) is 3.12. The molecule has 4 unspecified atom stereocenters. The number of carbonyl (C=O) groups excluding carboxylic acids is 8. The first kappa shape index (κ1) is 22.4. The minimum atomic E-state index is -2.57. The fourth-order valence-electron chi connectivity index (χ4n) is 2.20. The Labute approximate surface area is 165 Å². The normalized spacial score (nSPS) is 22.5. The molecule has 0 spiro atoms. The van der Waals surface area contributed by atoms with Crippen molar-refractivity contribution in [1.29, 1.82) is 0 Å². The molecule has 0 bridgehead atoms. The van der Waals surface area contributed by atoms with Crippen molar-refractivity contribution in [2.24, 2.45) is 0 Å². The lowest BCUT2D eigenvalue weighted by molar-refractivity contribution is -0.145. The molecule has 0 aromatic carbocycles. The van der Waals surface area contributed by atoms with Crippen LogP contribution < -0.4 is 21.3 Å². The summed E-state index contributed by atoms with van der Waals surface area (Å²) in [5, 5.41) is 25.7. The Kier molecular flexibility index (Phi) is 6.75. The van der Waals surface area contributed by atoms with Gasteiger partial charge in [-0.25, -0.2) is 9.59 Å². The van der Waals surface area contributed by atoms with Crippen molar-refractivity contribution >= 4 is 47.6 Å². The lowest BCUT2D eigenvalue weighted by Crippen LogP contribution is -2.52. The Morgan fingerprint density at radius 2 is 1.10 bits per heavy atom. The van der Waals surface area contributed by atoms with Crippen LogP contribution in [-0.4, -0.2) is 82.3 Å². The van der Waals surface area contributed by atoms with E-state index in [1.165, 1.54) is 10.6 Å². The summed E-state index contributed by atoms with van der Waals surface area (Å²) < 4.78 is 8.95. The Morgan fingerprint density at radius 1 is 0.767 bits per heavy atom. The SMILES string of the molecule is O=C1CC(OC(=O)NC(=O)C(O)C(O)C(=O)NC(=O)OC2CC(=O)NC2=O)C(=O)N1. The number of hydrogen-bond donors (Lipinski definition) is 6. The smallest absolute Gasteiger partial charge is 0.414 e. The summed E-state index contributed by atoms with van der Waals surface area (Å²) in [6.45, 7) is 0. The number of amides is 8. The third kappa shape index (κ3) is 5.55. The van der Waals surface area contributed by atoms with Crippen molar-refractivity contribution in [3.8, 4) is 0 Å². The van der Waals surface area contributed by atoms with Crippen LogP contribution in [0.25, 0.3) is 0 Å². The molecule has 2 aliphatic heterocycles. The van der Waals surface area contributed by atoms with E-state index in [2.05, 4.69) is 9.47 Å². The molecule has 8 amide bonds. The molecule has 16 heteroatoms. The topological polar surface area (TPSA) is 244 Å². The number of ether oxygens (including phenoxy) is 2. The van der Waals surface area contributed by atoms with Gasteiger partial charge in [0.1, 0.15) is 0 Å². The fourth-order valence-corrected chi connectivity index (χ4v) is 2.20. The second kappa shape index (κ2) is 9.05. The van der Waals surface area contributed by atoms with Crippen molar-refractivity contribution in [1.82, 2.24) is 21.3 Å². The molecule has 4 atom stereocenters. The number of aliphatic hydroxyl groups excluding tert-OH is 2. The molecule has 0 saturated carbocycles. The van der Waals surface area contributed by atoms with Gasteiger partial charge < -0.3 is 19.7 Å². The van der Waals surface area contributed by atoms with Gasteiger partial charge in [-0.15, -0.1) is 0 Å². The highest BCUT2D eigenvalue weighted by Crippen LogP contribution is 2.08. The number of aliphatic hydroxyl groups is 2. The maximum absolute atomic E-state index is 11.7. The molecule has 2 rings (SSSR count). The van der Waals surface area contributed by atoms with Gasteiger partial charge in [-0.3, -0.25) is 50.0 Å². The molecule has 0 aromatic rings. The van der Waals surface area contributed by atoms with Crippen LogP contribution >= 0.6 is 0 Å². The Balaban J connectivity index is 1.80. The van der Waals surface area contributed by atoms with Gasteiger partial charge in [0.25, 0.3) is 23.6 Å². The second-order valence-corrected chi connectivity index (χ2v) is 5.89. The second-order valence-electron chi connectivity index (χ2n) is 5.89. The highest BCUT2D eigenvalue weighted by molar-refractivity contribution is 6.07. The van der Waals surface area contributed by atoms with Gasteiger partial charge >= 0.3 is 12.2 Å². The summed E-state index contributed by atoms with van der Waals surface area (Å²) in [6, 6.07) is 0. The van der Waals surface area contributed by atoms with Crippen LogP contribution in [-0.2, 0) is 38.2 Å². The predicted octanol–water partition coefficient (Wildman–Crippen LogP) is -4.96. The zero-order chi connectivity index (χ0) is 22.6. The first-order chi connectivity index (χ1) is 14.0. The number of rotatable bonds is 5. The molecular weight excluding hydrogens is 416 g/mol. The molecule has 2 saturated heterocycles. The van der Waals surface area contributed by atoms with E-state index in [1.54, 1.807) is 0 Å². The van der Waals surface area contributed by atoms with E-state index in [0.717, 1.165) is 0 Å². The maximum atomic E-state index is 11.7. The van der Waals surface area contributed by atoms with Gasteiger partial charge in [-0.2, -0.15) is 0 Å². The molecular formula is C14H14N4O12. The minimum absolute atomic E-state index is 0.485. The molecule has 30 heavy (non-hydrogen) atoms. The molecule has 0 radical (unpaired) electrons. The van der Waals surface area contributed by atoms with Crippen molar-refractivity contribution in [3.05, 3.63) is 0 Å². The van der Waals surface area contributed by atoms with Gasteiger partial charge in [0.2, 0.25) is 11.8 Å². The standard InChI is InChI=1S/C14H14N4O12/c19-5-1-3(9(23)15-5)29-13(27)17-11(25)7(21)8(22)12(26)18-14(28)30-4-2-6(20)16-10(4)24/h3-4,7-8,21-22H,1-2H2,(H,15,19,23)(H,16,20,24)(H,17,25,27)(H,18,26,28). The first-order valence-corrected chi connectivity index (χ1v) is 8.04. The number of hydrogen-bond acceptors (Lipinski definition) is 12. The van der Waals surface area contributed by atoms with Gasteiger partial charge in [-0.1, -0.05) is 0 Å². The molecule has 0 aromatic heterocycles. The monoisotopic (exact) mass is 430 g/mol. The third-order valence-electron chi connectivity index (χ3n) is 3.64. The van der Waals surface area contributed by atoms with Crippen LogP contribution in [0.4, 0.5) is 9.59 Å². The summed E-state index contributed by atoms with van der Waals surface area (Å²) in [7, 11) is 0. The zero-order valence-electron chi connectivity index (χ0n) is 14.7. The molecule has 162 valence electrons. The number of alkyl carbamates (subject to hydrolysis) is 2. The van der Waals surface area contributed by atoms with Gasteiger partial charge in [0.05, 0.1) is 12.8 Å². The van der Waals surface area contributed by atoms with E-state index in [1.807, 2.05) is 10.6 Å². The van der Waals surface area contributed by atoms with Crippen LogP contribution in [0.15, 0.2) is 0 Å². The van der Waals surface area contributed by atoms with Crippen LogP contribution in [0.1, 0.15) is 12.8 Å². The van der Waals surface area contributed by atoms with E-state index in [4.69, 9.17) is 0 Å². The molecule has 2 fully saturated rings. The first-order valence-electron chi connectivity index (χ1n) is 8.04. The Bertz CT molecular complexity index is 771. The lowest BCUT2D eigenvalue weighted by atomic mass is 10.2. The zero-order valence-corrected chi connectivity index (χ0v) is 14.7. The number of imide groups is 4. The molecule has 16 nitrogen and oxygen atoms in total. The summed E-state index contributed by atoms with van der Waals surface area (Å²) >= 11 is 0. The number of nitrogens with one attached hydrogen (secondary N) is 4. The summed E-state index contributed by atoms with van der Waals surface area (Å²) in [5.41, 5.74) is 0. The van der Waals surface area contributed by atoms with Crippen molar-refractivity contribution in [3.63, 3.8) is 0 Å². The largest absolute Gasteiger partial charge is 0.435 e. The van der Waals surface area contributed by atoms with Crippen molar-refractivity contribution in [2.45, 2.75) is 37.3 Å². The quantitative estimate of drug-likeness (QED) is 0.225. The highest BCUT2D eigenvalue weighted by Gasteiger charge is 2.38. The maximum Gasteiger partial charge on any atom is 0.414 e. The molecule has 2 heterocycles. The summed E-state index contributed by atoms with van der Waals surface area (Å²) in [5.74, 6) is -6.58. The third-order valence-corrected chi connectivity index (χ3v) is 3.64. The molecule has 0 aliphatic carbocycles. The van der Waals surface area contributed by atoms with Crippen LogP contribution in [0.3, 0.4) is 0 Å². The van der Waals surface area contributed by atoms with Gasteiger partial charge in [0.15, 0.2) is 24.4 Å². The Hall–Kier alpha value is -3.92. The van der Waals surface area contributed by atoms with Crippen molar-refractivity contribution < 1.29 is 58.0 Å². The van der Waals surface area contributed by atoms with Gasteiger partial charge in [-0.05, 0) is 0 Å². The number of carbonyl (C=O) groups is 8. The molecule has 2 aliphatic rings. The van der Waals surface area contributed by atoms with Gasteiger partial charge in [0, 0.05) is 0 Å². The average molecular weight is 430 g/mol. The summed E-state index contributed by atoms with van der Waals surface area (Å²) in [6.07, 6.45) is -12.2. The Morgan fingerprint density at radius 3 is 1.37 bits per heavy atom. The van der Waals surface area contributed by atoms with Crippen LogP contribution in [0, 0.1) is 0 Å². The fraction of sp³-hybridized carbons (Fsp3) is 0.429. The summed E-state index contributed by atoms with van der Waals surface area (Å²) in [4.78, 5) is 90.8. The molecule has 6 N–H and O–H groups in total. The van der Waals surface area contributed by atoms with E-state index in [0.29, 0.717) is 0 Å². The van der Waals surface area contributed by atoms with Crippen LogP contribution in [0.2, 0.25) is 0 Å². The van der Waals surface area contributed by atoms with Crippen LogP contribution in [0.5, 0.6) is 0 Å². The highest BCUT2D eigenvalue weighted by atomic mass is 16.6. The lowest BCUT2D eigenvalue weighted by Gasteiger charge is -2.17. The predicted molar refractivity (Wildman–Crippen MR) is 84.4 cm³/mol. The van der Waals surface area contributed by atoms with E-state index in [-0.39, 0.29) is 0 Å².